The number of nitrogens with one attached hydrogen (secondary N) is 2. The van der Waals surface area contributed by atoms with Crippen LogP contribution in [0.15, 0.2) is 12.4 Å². The lowest BCUT2D eigenvalue weighted by Gasteiger charge is -2.17. The van der Waals surface area contributed by atoms with Gasteiger partial charge in [-0.25, -0.2) is 0 Å². The predicted molar refractivity (Wildman–Crippen MR) is 55.0 cm³/mol. The average molecular weight is 212 g/mol. The van der Waals surface area contributed by atoms with Gasteiger partial charge in [-0.05, 0) is 6.92 Å². The standard InChI is InChI=1S/C9H16N4O2/c1-6(7-4-11-12-5-7)13-9(14)8(3-10)15-2/h4-6,8H,3,10H2,1-2H3,(H,11,12)(H,13,14). The largest absolute Gasteiger partial charge is 0.370 e. The number of hydrogen-bond acceptors (Lipinski definition) is 4. The molecule has 2 atom stereocenters. The van der Waals surface area contributed by atoms with Gasteiger partial charge in [0.25, 0.3) is 5.91 Å². The van der Waals surface area contributed by atoms with Crippen LogP contribution in [0.25, 0.3) is 0 Å². The lowest BCUT2D eigenvalue weighted by atomic mass is 10.2. The zero-order valence-electron chi connectivity index (χ0n) is 8.86. The first-order valence-corrected chi connectivity index (χ1v) is 4.71. The Morgan fingerprint density at radius 3 is 3.00 bits per heavy atom. The van der Waals surface area contributed by atoms with Crippen molar-refractivity contribution in [1.82, 2.24) is 15.5 Å². The minimum atomic E-state index is -0.598. The van der Waals surface area contributed by atoms with Crippen molar-refractivity contribution in [2.45, 2.75) is 19.1 Å². The third kappa shape index (κ3) is 3.03. The Morgan fingerprint density at radius 1 is 1.80 bits per heavy atom. The van der Waals surface area contributed by atoms with Gasteiger partial charge >= 0.3 is 0 Å². The molecule has 0 fully saturated rings. The molecule has 84 valence electrons. The van der Waals surface area contributed by atoms with Gasteiger partial charge in [-0.3, -0.25) is 9.89 Å². The topological polar surface area (TPSA) is 93.0 Å². The molecular weight excluding hydrogens is 196 g/mol. The van der Waals surface area contributed by atoms with Crippen LogP contribution >= 0.6 is 0 Å². The summed E-state index contributed by atoms with van der Waals surface area (Å²) >= 11 is 0. The van der Waals surface area contributed by atoms with Gasteiger partial charge in [0.05, 0.1) is 12.2 Å². The number of methoxy groups -OCH3 is 1. The van der Waals surface area contributed by atoms with Gasteiger partial charge < -0.3 is 15.8 Å². The summed E-state index contributed by atoms with van der Waals surface area (Å²) in [7, 11) is 1.46. The van der Waals surface area contributed by atoms with E-state index >= 15 is 0 Å². The molecule has 1 amide bonds. The van der Waals surface area contributed by atoms with Crippen LogP contribution < -0.4 is 11.1 Å². The molecule has 0 aromatic carbocycles. The Labute approximate surface area is 88.2 Å². The number of carbonyl (C=O) groups is 1. The molecule has 6 nitrogen and oxygen atoms in total. The highest BCUT2D eigenvalue weighted by atomic mass is 16.5. The van der Waals surface area contributed by atoms with Crippen molar-refractivity contribution in [2.75, 3.05) is 13.7 Å². The number of ether oxygens (including phenoxy) is 1. The molecule has 0 aliphatic heterocycles. The zero-order valence-corrected chi connectivity index (χ0v) is 8.86. The summed E-state index contributed by atoms with van der Waals surface area (Å²) in [5.41, 5.74) is 6.29. The zero-order chi connectivity index (χ0) is 11.3. The minimum absolute atomic E-state index is 0.111. The first-order chi connectivity index (χ1) is 7.19. The van der Waals surface area contributed by atoms with Gasteiger partial charge in [-0.1, -0.05) is 0 Å². The van der Waals surface area contributed by atoms with E-state index in [2.05, 4.69) is 15.5 Å². The van der Waals surface area contributed by atoms with Gasteiger partial charge in [0.1, 0.15) is 6.10 Å². The molecule has 1 aromatic rings. The van der Waals surface area contributed by atoms with Gasteiger partial charge in [0.15, 0.2) is 0 Å². The second-order valence-electron chi connectivity index (χ2n) is 3.22. The summed E-state index contributed by atoms with van der Waals surface area (Å²) in [6.07, 6.45) is 2.80. The maximum Gasteiger partial charge on any atom is 0.250 e. The van der Waals surface area contributed by atoms with E-state index in [1.54, 1.807) is 12.4 Å². The highest BCUT2D eigenvalue weighted by Gasteiger charge is 2.18. The molecule has 0 aliphatic rings. The Bertz CT molecular complexity index is 295. The first kappa shape index (κ1) is 11.7. The van der Waals surface area contributed by atoms with Crippen molar-refractivity contribution in [3.8, 4) is 0 Å². The number of nitrogens with two attached hydrogens (primary N) is 1. The van der Waals surface area contributed by atoms with E-state index in [4.69, 9.17) is 10.5 Å². The first-order valence-electron chi connectivity index (χ1n) is 4.71. The lowest BCUT2D eigenvalue weighted by molar-refractivity contribution is -0.131. The number of H-pyrrole nitrogens is 1. The Balaban J connectivity index is 2.51. The van der Waals surface area contributed by atoms with Crippen LogP contribution in [0.3, 0.4) is 0 Å². The number of aromatic nitrogens is 2. The molecule has 0 radical (unpaired) electrons. The fourth-order valence-electron chi connectivity index (χ4n) is 1.20. The molecule has 1 heterocycles. The normalized spacial score (nSPS) is 14.6. The lowest BCUT2D eigenvalue weighted by Crippen LogP contribution is -2.41. The molecule has 1 rings (SSSR count). The SMILES string of the molecule is COC(CN)C(=O)NC(C)c1cn[nH]c1. The van der Waals surface area contributed by atoms with E-state index in [1.165, 1.54) is 7.11 Å². The van der Waals surface area contributed by atoms with Crippen LogP contribution in [-0.4, -0.2) is 35.9 Å². The number of hydrogen-bond donors (Lipinski definition) is 3. The van der Waals surface area contributed by atoms with E-state index in [9.17, 15) is 4.79 Å². The number of nitrogens with zero attached hydrogens (tertiary/aromatic N) is 1. The fraction of sp³-hybridized carbons (Fsp3) is 0.556. The summed E-state index contributed by atoms with van der Waals surface area (Å²) in [5, 5.41) is 9.27. The van der Waals surface area contributed by atoms with Gasteiger partial charge in [0.2, 0.25) is 0 Å². The maximum absolute atomic E-state index is 11.6. The number of aromatic amines is 1. The fourth-order valence-corrected chi connectivity index (χ4v) is 1.20. The van der Waals surface area contributed by atoms with Crippen molar-refractivity contribution >= 4 is 5.91 Å². The van der Waals surface area contributed by atoms with Gasteiger partial charge in [-0.15, -0.1) is 0 Å². The number of rotatable bonds is 5. The van der Waals surface area contributed by atoms with Crippen molar-refractivity contribution in [3.63, 3.8) is 0 Å². The summed E-state index contributed by atoms with van der Waals surface area (Å²) < 4.78 is 4.92. The van der Waals surface area contributed by atoms with E-state index in [1.807, 2.05) is 6.92 Å². The summed E-state index contributed by atoms with van der Waals surface area (Å²) in [6.45, 7) is 2.03. The molecular formula is C9H16N4O2. The van der Waals surface area contributed by atoms with Crippen molar-refractivity contribution in [1.29, 1.82) is 0 Å². The molecule has 6 heteroatoms. The monoisotopic (exact) mass is 212 g/mol. The summed E-state index contributed by atoms with van der Waals surface area (Å²) in [5.74, 6) is -0.214. The second-order valence-corrected chi connectivity index (χ2v) is 3.22. The molecule has 0 bridgehead atoms. The molecule has 0 saturated heterocycles. The van der Waals surface area contributed by atoms with E-state index in [0.717, 1.165) is 5.56 Å². The quantitative estimate of drug-likeness (QED) is 0.617. The van der Waals surface area contributed by atoms with E-state index < -0.39 is 6.10 Å². The van der Waals surface area contributed by atoms with Crippen LogP contribution in [0, 0.1) is 0 Å². The molecule has 4 N–H and O–H groups in total. The summed E-state index contributed by atoms with van der Waals surface area (Å²) in [4.78, 5) is 11.6. The highest BCUT2D eigenvalue weighted by molar-refractivity contribution is 5.81. The average Bonchev–Trinajstić information content (AvgIpc) is 2.72. The minimum Gasteiger partial charge on any atom is -0.370 e. The number of amides is 1. The van der Waals surface area contributed by atoms with E-state index in [0.29, 0.717) is 0 Å². The second kappa shape index (κ2) is 5.47. The van der Waals surface area contributed by atoms with Crippen LogP contribution in [0.5, 0.6) is 0 Å². The highest BCUT2D eigenvalue weighted by Crippen LogP contribution is 2.09. The Kier molecular flexibility index (Phi) is 4.26. The Morgan fingerprint density at radius 2 is 2.53 bits per heavy atom. The van der Waals surface area contributed by atoms with Crippen molar-refractivity contribution in [3.05, 3.63) is 18.0 Å². The smallest absolute Gasteiger partial charge is 0.250 e. The number of carbonyl (C=O) groups excluding carboxylic acids is 1. The Hall–Kier alpha value is -1.40. The molecule has 15 heavy (non-hydrogen) atoms. The van der Waals surface area contributed by atoms with Crippen LogP contribution in [-0.2, 0) is 9.53 Å². The maximum atomic E-state index is 11.6. The summed E-state index contributed by atoms with van der Waals surface area (Å²) in [6, 6.07) is -0.111. The van der Waals surface area contributed by atoms with Crippen LogP contribution in [0.2, 0.25) is 0 Å². The molecule has 1 aromatic heterocycles. The molecule has 0 saturated carbocycles. The van der Waals surface area contributed by atoms with Gasteiger partial charge in [0, 0.05) is 25.4 Å². The van der Waals surface area contributed by atoms with Gasteiger partial charge in [-0.2, -0.15) is 5.10 Å². The molecule has 2 unspecified atom stereocenters. The van der Waals surface area contributed by atoms with E-state index in [-0.39, 0.29) is 18.5 Å². The third-order valence-corrected chi connectivity index (χ3v) is 2.17. The van der Waals surface area contributed by atoms with Crippen LogP contribution in [0.4, 0.5) is 0 Å². The molecule has 0 spiro atoms. The predicted octanol–water partition coefficient (Wildman–Crippen LogP) is -0.439. The third-order valence-electron chi connectivity index (χ3n) is 2.17. The van der Waals surface area contributed by atoms with Crippen molar-refractivity contribution in [2.24, 2.45) is 5.73 Å². The van der Waals surface area contributed by atoms with Crippen molar-refractivity contribution < 1.29 is 9.53 Å². The van der Waals surface area contributed by atoms with Crippen LogP contribution in [0.1, 0.15) is 18.5 Å². The molecule has 0 aliphatic carbocycles.